The maximum absolute atomic E-state index is 12.4. The Morgan fingerprint density at radius 1 is 1.15 bits per heavy atom. The van der Waals surface area contributed by atoms with Crippen LogP contribution in [0.3, 0.4) is 0 Å². The van der Waals surface area contributed by atoms with E-state index in [0.717, 1.165) is 17.7 Å². The molecule has 0 spiro atoms. The minimum Gasteiger partial charge on any atom is -0.347 e. The van der Waals surface area contributed by atoms with E-state index in [4.69, 9.17) is 0 Å². The Hall–Kier alpha value is -2.16. The van der Waals surface area contributed by atoms with E-state index in [1.54, 1.807) is 6.20 Å². The summed E-state index contributed by atoms with van der Waals surface area (Å²) in [5, 5.41) is 3.04. The fourth-order valence-corrected chi connectivity index (χ4v) is 2.28. The number of carbonyl (C=O) groups excluding carboxylic acids is 1. The van der Waals surface area contributed by atoms with Crippen molar-refractivity contribution in [3.05, 3.63) is 66.0 Å². The van der Waals surface area contributed by atoms with Gasteiger partial charge in [-0.1, -0.05) is 43.3 Å². The summed E-state index contributed by atoms with van der Waals surface area (Å²) in [7, 11) is 0. The van der Waals surface area contributed by atoms with E-state index in [2.05, 4.69) is 10.3 Å². The molecule has 1 heterocycles. The molecule has 1 aromatic heterocycles. The van der Waals surface area contributed by atoms with Crippen molar-refractivity contribution in [2.24, 2.45) is 0 Å². The van der Waals surface area contributed by atoms with Gasteiger partial charge in [-0.25, -0.2) is 0 Å². The van der Waals surface area contributed by atoms with Crippen LogP contribution in [0.1, 0.15) is 43.5 Å². The van der Waals surface area contributed by atoms with E-state index in [1.165, 1.54) is 0 Å². The van der Waals surface area contributed by atoms with Crippen molar-refractivity contribution >= 4 is 5.91 Å². The molecule has 3 nitrogen and oxygen atoms in total. The van der Waals surface area contributed by atoms with Crippen LogP contribution in [-0.4, -0.2) is 10.9 Å². The predicted octanol–water partition coefficient (Wildman–Crippen LogP) is 3.45. The fraction of sp³-hybridized carbons (Fsp3) is 0.294. The van der Waals surface area contributed by atoms with E-state index >= 15 is 0 Å². The Morgan fingerprint density at radius 2 is 1.85 bits per heavy atom. The first-order chi connectivity index (χ1) is 9.72. The second-order valence-corrected chi connectivity index (χ2v) is 4.86. The summed E-state index contributed by atoms with van der Waals surface area (Å²) in [6, 6.07) is 15.5. The van der Waals surface area contributed by atoms with Crippen LogP contribution < -0.4 is 5.32 Å². The SMILES string of the molecule is CCC(C(=O)NC(C)c1ccccn1)c1ccccc1. The zero-order valence-corrected chi connectivity index (χ0v) is 11.9. The third-order valence-corrected chi connectivity index (χ3v) is 3.42. The molecule has 3 heteroatoms. The van der Waals surface area contributed by atoms with Gasteiger partial charge in [0.1, 0.15) is 0 Å². The van der Waals surface area contributed by atoms with Crippen LogP contribution in [0.15, 0.2) is 54.7 Å². The number of aromatic nitrogens is 1. The van der Waals surface area contributed by atoms with Crippen molar-refractivity contribution in [2.45, 2.75) is 32.2 Å². The lowest BCUT2D eigenvalue weighted by Crippen LogP contribution is -2.31. The third kappa shape index (κ3) is 3.44. The molecule has 2 rings (SSSR count). The molecular formula is C17H20N2O. The minimum atomic E-state index is -0.109. The standard InChI is InChI=1S/C17H20N2O/c1-3-15(14-9-5-4-6-10-14)17(20)19-13(2)16-11-7-8-12-18-16/h4-13,15H,3H2,1-2H3,(H,19,20). The number of hydrogen-bond donors (Lipinski definition) is 1. The highest BCUT2D eigenvalue weighted by Gasteiger charge is 2.20. The Balaban J connectivity index is 2.07. The quantitative estimate of drug-likeness (QED) is 0.902. The zero-order valence-electron chi connectivity index (χ0n) is 11.9. The molecular weight excluding hydrogens is 248 g/mol. The molecule has 0 aliphatic rings. The fourth-order valence-electron chi connectivity index (χ4n) is 2.28. The van der Waals surface area contributed by atoms with Crippen molar-refractivity contribution < 1.29 is 4.79 Å². The molecule has 0 fully saturated rings. The molecule has 2 atom stereocenters. The number of carbonyl (C=O) groups is 1. The molecule has 0 bridgehead atoms. The average molecular weight is 268 g/mol. The number of hydrogen-bond acceptors (Lipinski definition) is 2. The van der Waals surface area contributed by atoms with Crippen molar-refractivity contribution in [2.75, 3.05) is 0 Å². The van der Waals surface area contributed by atoms with Crippen LogP contribution in [0.4, 0.5) is 0 Å². The maximum Gasteiger partial charge on any atom is 0.228 e. The monoisotopic (exact) mass is 268 g/mol. The molecule has 0 aliphatic carbocycles. The van der Waals surface area contributed by atoms with Crippen molar-refractivity contribution in [3.8, 4) is 0 Å². The Labute approximate surface area is 120 Å². The van der Waals surface area contributed by atoms with Gasteiger partial charge in [0.2, 0.25) is 5.91 Å². The number of rotatable bonds is 5. The van der Waals surface area contributed by atoms with Crippen molar-refractivity contribution in [1.82, 2.24) is 10.3 Å². The molecule has 1 N–H and O–H groups in total. The van der Waals surface area contributed by atoms with Gasteiger partial charge < -0.3 is 5.32 Å². The van der Waals surface area contributed by atoms with Gasteiger partial charge >= 0.3 is 0 Å². The van der Waals surface area contributed by atoms with E-state index in [-0.39, 0.29) is 17.9 Å². The van der Waals surface area contributed by atoms with Gasteiger partial charge in [0.15, 0.2) is 0 Å². The van der Waals surface area contributed by atoms with Crippen molar-refractivity contribution in [1.29, 1.82) is 0 Å². The zero-order chi connectivity index (χ0) is 14.4. The summed E-state index contributed by atoms with van der Waals surface area (Å²) in [4.78, 5) is 16.7. The highest BCUT2D eigenvalue weighted by atomic mass is 16.1. The smallest absolute Gasteiger partial charge is 0.228 e. The predicted molar refractivity (Wildman–Crippen MR) is 80.3 cm³/mol. The number of nitrogens with one attached hydrogen (secondary N) is 1. The van der Waals surface area contributed by atoms with E-state index in [0.29, 0.717) is 0 Å². The first-order valence-corrected chi connectivity index (χ1v) is 6.98. The molecule has 0 radical (unpaired) electrons. The minimum absolute atomic E-state index is 0.0526. The molecule has 2 aromatic rings. The van der Waals surface area contributed by atoms with Gasteiger partial charge in [0.05, 0.1) is 17.7 Å². The Kier molecular flexibility index (Phi) is 4.88. The first kappa shape index (κ1) is 14.3. The Bertz CT molecular complexity index is 539. The topological polar surface area (TPSA) is 42.0 Å². The average Bonchev–Trinajstić information content (AvgIpc) is 2.50. The lowest BCUT2D eigenvalue weighted by Gasteiger charge is -2.19. The molecule has 20 heavy (non-hydrogen) atoms. The summed E-state index contributed by atoms with van der Waals surface area (Å²) in [5.74, 6) is -0.0563. The molecule has 2 unspecified atom stereocenters. The van der Waals surface area contributed by atoms with Crippen LogP contribution in [0.5, 0.6) is 0 Å². The molecule has 1 aromatic carbocycles. The van der Waals surface area contributed by atoms with E-state index < -0.39 is 0 Å². The van der Waals surface area contributed by atoms with Crippen LogP contribution in [0, 0.1) is 0 Å². The molecule has 0 saturated heterocycles. The van der Waals surface area contributed by atoms with Crippen LogP contribution in [0.2, 0.25) is 0 Å². The number of nitrogens with zero attached hydrogens (tertiary/aromatic N) is 1. The molecule has 104 valence electrons. The third-order valence-electron chi connectivity index (χ3n) is 3.42. The van der Waals surface area contributed by atoms with Crippen LogP contribution in [0.25, 0.3) is 0 Å². The summed E-state index contributed by atoms with van der Waals surface area (Å²) in [6.07, 6.45) is 2.53. The Morgan fingerprint density at radius 3 is 2.45 bits per heavy atom. The van der Waals surface area contributed by atoms with E-state index in [1.807, 2.05) is 62.4 Å². The molecule has 1 amide bonds. The first-order valence-electron chi connectivity index (χ1n) is 6.98. The number of pyridine rings is 1. The second-order valence-electron chi connectivity index (χ2n) is 4.86. The largest absolute Gasteiger partial charge is 0.347 e. The maximum atomic E-state index is 12.4. The summed E-state index contributed by atoms with van der Waals surface area (Å²) >= 11 is 0. The van der Waals surface area contributed by atoms with Gasteiger partial charge in [0, 0.05) is 6.20 Å². The van der Waals surface area contributed by atoms with Crippen LogP contribution in [-0.2, 0) is 4.79 Å². The van der Waals surface area contributed by atoms with Crippen molar-refractivity contribution in [3.63, 3.8) is 0 Å². The van der Waals surface area contributed by atoms with Gasteiger partial charge in [-0.15, -0.1) is 0 Å². The normalized spacial score (nSPS) is 13.5. The highest BCUT2D eigenvalue weighted by molar-refractivity contribution is 5.83. The summed E-state index contributed by atoms with van der Waals surface area (Å²) in [5.41, 5.74) is 1.93. The van der Waals surface area contributed by atoms with Gasteiger partial charge in [0.25, 0.3) is 0 Å². The molecule has 0 saturated carbocycles. The second kappa shape index (κ2) is 6.85. The van der Waals surface area contributed by atoms with Crippen LogP contribution >= 0.6 is 0 Å². The highest BCUT2D eigenvalue weighted by Crippen LogP contribution is 2.20. The van der Waals surface area contributed by atoms with Gasteiger partial charge in [-0.2, -0.15) is 0 Å². The molecule has 0 aliphatic heterocycles. The van der Waals surface area contributed by atoms with Gasteiger partial charge in [-0.3, -0.25) is 9.78 Å². The number of amides is 1. The van der Waals surface area contributed by atoms with E-state index in [9.17, 15) is 4.79 Å². The lowest BCUT2D eigenvalue weighted by atomic mass is 9.95. The van der Waals surface area contributed by atoms with Gasteiger partial charge in [-0.05, 0) is 31.0 Å². The summed E-state index contributed by atoms with van der Waals surface area (Å²) in [6.45, 7) is 3.99. The summed E-state index contributed by atoms with van der Waals surface area (Å²) < 4.78 is 0. The number of benzene rings is 1. The lowest BCUT2D eigenvalue weighted by molar-refractivity contribution is -0.123.